The molecule has 2 rings (SSSR count). The van der Waals surface area contributed by atoms with Gasteiger partial charge in [0.1, 0.15) is 0 Å². The molecule has 0 fully saturated rings. The number of Topliss-reactive ketones (excluding diaryl/α,β-unsaturated/α-hetero) is 1. The van der Waals surface area contributed by atoms with Crippen molar-refractivity contribution in [1.82, 2.24) is 0 Å². The number of rotatable bonds is 4. The molecule has 0 saturated heterocycles. The molecule has 0 aliphatic carbocycles. The number of ketones is 1. The Hall–Kier alpha value is -2.42. The zero-order valence-corrected chi connectivity index (χ0v) is 13.4. The van der Waals surface area contributed by atoms with Gasteiger partial charge >= 0.3 is 0 Å². The van der Waals surface area contributed by atoms with E-state index in [0.717, 1.165) is 5.56 Å². The molecule has 3 nitrogen and oxygen atoms in total. The minimum Gasteiger partial charge on any atom is -0.325 e. The standard InChI is InChI=1S/C19H21NO2/c1-13-5-9-16(10-6-13)19(3,4)18(22)20-17-11-7-15(8-12-17)14(2)21/h5-12H,1-4H3,(H,20,22). The number of anilines is 1. The molecular formula is C19H21NO2. The molecule has 1 N–H and O–H groups in total. The summed E-state index contributed by atoms with van der Waals surface area (Å²) < 4.78 is 0. The zero-order chi connectivity index (χ0) is 16.3. The fourth-order valence-corrected chi connectivity index (χ4v) is 2.18. The molecule has 114 valence electrons. The maximum atomic E-state index is 12.6. The number of hydrogen-bond acceptors (Lipinski definition) is 2. The van der Waals surface area contributed by atoms with E-state index in [4.69, 9.17) is 0 Å². The lowest BCUT2D eigenvalue weighted by molar-refractivity contribution is -0.120. The molecule has 0 unspecified atom stereocenters. The molecule has 0 aromatic heterocycles. The largest absolute Gasteiger partial charge is 0.325 e. The SMILES string of the molecule is CC(=O)c1ccc(NC(=O)C(C)(C)c2ccc(C)cc2)cc1. The summed E-state index contributed by atoms with van der Waals surface area (Å²) in [5.41, 5.74) is 2.83. The Balaban J connectivity index is 2.16. The van der Waals surface area contributed by atoms with Gasteiger partial charge in [-0.15, -0.1) is 0 Å². The van der Waals surface area contributed by atoms with E-state index in [9.17, 15) is 9.59 Å². The number of hydrogen-bond donors (Lipinski definition) is 1. The summed E-state index contributed by atoms with van der Waals surface area (Å²) in [6.07, 6.45) is 0. The van der Waals surface area contributed by atoms with E-state index >= 15 is 0 Å². The first-order chi connectivity index (χ1) is 10.3. The van der Waals surface area contributed by atoms with Gasteiger partial charge in [-0.2, -0.15) is 0 Å². The molecule has 0 aliphatic rings. The van der Waals surface area contributed by atoms with Crippen LogP contribution in [-0.4, -0.2) is 11.7 Å². The molecule has 22 heavy (non-hydrogen) atoms. The van der Waals surface area contributed by atoms with Crippen LogP contribution in [-0.2, 0) is 10.2 Å². The molecule has 2 aromatic carbocycles. The van der Waals surface area contributed by atoms with E-state index in [2.05, 4.69) is 5.32 Å². The van der Waals surface area contributed by atoms with Crippen molar-refractivity contribution < 1.29 is 9.59 Å². The maximum Gasteiger partial charge on any atom is 0.234 e. The number of amides is 1. The molecule has 0 spiro atoms. The van der Waals surface area contributed by atoms with Crippen LogP contribution in [0.2, 0.25) is 0 Å². The molecule has 2 aromatic rings. The normalized spacial score (nSPS) is 11.1. The van der Waals surface area contributed by atoms with Crippen LogP contribution < -0.4 is 5.32 Å². The molecule has 0 aliphatic heterocycles. The van der Waals surface area contributed by atoms with Crippen molar-refractivity contribution in [2.24, 2.45) is 0 Å². The summed E-state index contributed by atoms with van der Waals surface area (Å²) >= 11 is 0. The molecule has 0 bridgehead atoms. The van der Waals surface area contributed by atoms with Crippen molar-refractivity contribution in [3.05, 3.63) is 65.2 Å². The van der Waals surface area contributed by atoms with Gasteiger partial charge in [0.15, 0.2) is 5.78 Å². The molecule has 0 saturated carbocycles. The Morgan fingerprint density at radius 1 is 0.909 bits per heavy atom. The molecule has 0 radical (unpaired) electrons. The number of carbonyl (C=O) groups is 2. The van der Waals surface area contributed by atoms with Gasteiger partial charge in [0, 0.05) is 11.3 Å². The summed E-state index contributed by atoms with van der Waals surface area (Å²) in [5.74, 6) is -0.0650. The first kappa shape index (κ1) is 16.0. The lowest BCUT2D eigenvalue weighted by Crippen LogP contribution is -2.34. The van der Waals surface area contributed by atoms with Gasteiger partial charge in [0.2, 0.25) is 5.91 Å². The average Bonchev–Trinajstić information content (AvgIpc) is 2.48. The van der Waals surface area contributed by atoms with Crippen molar-refractivity contribution in [2.45, 2.75) is 33.1 Å². The summed E-state index contributed by atoms with van der Waals surface area (Å²) in [4.78, 5) is 23.8. The minimum absolute atomic E-state index is 0.0119. The van der Waals surface area contributed by atoms with Gasteiger partial charge in [0.25, 0.3) is 0 Å². The van der Waals surface area contributed by atoms with Crippen molar-refractivity contribution in [3.63, 3.8) is 0 Å². The lowest BCUT2D eigenvalue weighted by Gasteiger charge is -2.24. The van der Waals surface area contributed by atoms with E-state index < -0.39 is 5.41 Å². The summed E-state index contributed by atoms with van der Waals surface area (Å²) in [6, 6.07) is 14.9. The Kier molecular flexibility index (Phi) is 4.45. The van der Waals surface area contributed by atoms with Crippen LogP contribution in [0.5, 0.6) is 0 Å². The van der Waals surface area contributed by atoms with Crippen molar-refractivity contribution in [2.75, 3.05) is 5.32 Å². The highest BCUT2D eigenvalue weighted by Crippen LogP contribution is 2.25. The summed E-state index contributed by atoms with van der Waals surface area (Å²) in [6.45, 7) is 7.34. The van der Waals surface area contributed by atoms with Gasteiger partial charge in [0.05, 0.1) is 5.41 Å². The van der Waals surface area contributed by atoms with Crippen LogP contribution in [0.1, 0.15) is 42.3 Å². The second-order valence-corrected chi connectivity index (χ2v) is 6.08. The molecule has 0 atom stereocenters. The third-order valence-corrected chi connectivity index (χ3v) is 3.89. The van der Waals surface area contributed by atoms with E-state index in [1.54, 1.807) is 24.3 Å². The van der Waals surface area contributed by atoms with Gasteiger partial charge < -0.3 is 5.32 Å². The first-order valence-corrected chi connectivity index (χ1v) is 7.30. The average molecular weight is 295 g/mol. The number of nitrogens with one attached hydrogen (secondary N) is 1. The summed E-state index contributed by atoms with van der Waals surface area (Å²) in [5, 5.41) is 2.91. The topological polar surface area (TPSA) is 46.2 Å². The highest BCUT2D eigenvalue weighted by Gasteiger charge is 2.29. The summed E-state index contributed by atoms with van der Waals surface area (Å²) in [7, 11) is 0. The first-order valence-electron chi connectivity index (χ1n) is 7.30. The second-order valence-electron chi connectivity index (χ2n) is 6.08. The quantitative estimate of drug-likeness (QED) is 0.863. The smallest absolute Gasteiger partial charge is 0.234 e. The van der Waals surface area contributed by atoms with Gasteiger partial charge in [-0.3, -0.25) is 9.59 Å². The van der Waals surface area contributed by atoms with Gasteiger partial charge in [-0.1, -0.05) is 29.8 Å². The van der Waals surface area contributed by atoms with Gasteiger partial charge in [-0.05, 0) is 57.5 Å². The van der Waals surface area contributed by atoms with E-state index in [0.29, 0.717) is 11.3 Å². The molecule has 3 heteroatoms. The Morgan fingerprint density at radius 2 is 1.45 bits per heavy atom. The monoisotopic (exact) mass is 295 g/mol. The maximum absolute atomic E-state index is 12.6. The Bertz CT molecular complexity index is 682. The highest BCUT2D eigenvalue weighted by atomic mass is 16.2. The van der Waals surface area contributed by atoms with Crippen molar-refractivity contribution >= 4 is 17.4 Å². The fraction of sp³-hybridized carbons (Fsp3) is 0.263. The minimum atomic E-state index is -0.632. The van der Waals surface area contributed by atoms with Crippen molar-refractivity contribution in [1.29, 1.82) is 0 Å². The predicted molar refractivity (Wildman–Crippen MR) is 89.3 cm³/mol. The highest BCUT2D eigenvalue weighted by molar-refractivity contribution is 5.99. The number of aryl methyl sites for hydroxylation is 1. The predicted octanol–water partition coefficient (Wildman–Crippen LogP) is 4.11. The third kappa shape index (κ3) is 3.42. The van der Waals surface area contributed by atoms with Crippen LogP contribution in [0, 0.1) is 6.92 Å². The van der Waals surface area contributed by atoms with E-state index in [1.807, 2.05) is 45.0 Å². The number of benzene rings is 2. The Labute approximate surface area is 131 Å². The van der Waals surface area contributed by atoms with Gasteiger partial charge in [-0.25, -0.2) is 0 Å². The van der Waals surface area contributed by atoms with E-state index in [1.165, 1.54) is 12.5 Å². The second kappa shape index (κ2) is 6.14. The Morgan fingerprint density at radius 3 is 1.95 bits per heavy atom. The van der Waals surface area contributed by atoms with Crippen LogP contribution in [0.15, 0.2) is 48.5 Å². The fourth-order valence-electron chi connectivity index (χ4n) is 2.18. The van der Waals surface area contributed by atoms with Crippen LogP contribution >= 0.6 is 0 Å². The van der Waals surface area contributed by atoms with Crippen molar-refractivity contribution in [3.8, 4) is 0 Å². The molecule has 0 heterocycles. The van der Waals surface area contributed by atoms with E-state index in [-0.39, 0.29) is 11.7 Å². The molecule has 1 amide bonds. The van der Waals surface area contributed by atoms with Crippen LogP contribution in [0.3, 0.4) is 0 Å². The lowest BCUT2D eigenvalue weighted by atomic mass is 9.83. The number of carbonyl (C=O) groups excluding carboxylic acids is 2. The van der Waals surface area contributed by atoms with Crippen LogP contribution in [0.25, 0.3) is 0 Å². The zero-order valence-electron chi connectivity index (χ0n) is 13.4. The third-order valence-electron chi connectivity index (χ3n) is 3.89. The van der Waals surface area contributed by atoms with Crippen LogP contribution in [0.4, 0.5) is 5.69 Å². The molecular weight excluding hydrogens is 274 g/mol.